The monoisotopic (exact) mass is 365 g/mol. The molecular weight excluding hydrogens is 346 g/mol. The summed E-state index contributed by atoms with van der Waals surface area (Å²) >= 11 is 0. The molecule has 1 N–H and O–H groups in total. The second-order valence-corrected chi connectivity index (χ2v) is 6.62. The third kappa shape index (κ3) is 3.64. The average Bonchev–Trinajstić information content (AvgIpc) is 3.11. The first-order valence-electron chi connectivity index (χ1n) is 8.85. The standard InChI is InChI=1S/C19H19N5O3/c1-12-10-17(23-27-12)22-18(25)13-6-8-24(9-7-13)19(26)16-11-20-14-4-2-3-5-15(14)21-16/h2-5,10-11,13H,6-9H2,1H3,(H,22,23,25). The van der Waals surface area contributed by atoms with E-state index in [-0.39, 0.29) is 17.7 Å². The lowest BCUT2D eigenvalue weighted by Gasteiger charge is -2.30. The number of carbonyl (C=O) groups is 2. The Kier molecular flexibility index (Phi) is 4.53. The van der Waals surface area contributed by atoms with Crippen molar-refractivity contribution in [3.63, 3.8) is 0 Å². The number of nitrogens with one attached hydrogen (secondary N) is 1. The molecule has 3 heterocycles. The number of amides is 2. The number of nitrogens with zero attached hydrogens (tertiary/aromatic N) is 4. The van der Waals surface area contributed by atoms with Crippen LogP contribution in [0, 0.1) is 12.8 Å². The summed E-state index contributed by atoms with van der Waals surface area (Å²) in [6, 6.07) is 9.12. The highest BCUT2D eigenvalue weighted by molar-refractivity contribution is 5.94. The minimum atomic E-state index is -0.159. The molecule has 0 bridgehead atoms. The number of rotatable bonds is 3. The number of aryl methyl sites for hydroxylation is 1. The maximum atomic E-state index is 12.7. The molecule has 0 unspecified atom stereocenters. The Labute approximate surface area is 155 Å². The molecule has 0 spiro atoms. The number of piperidine rings is 1. The van der Waals surface area contributed by atoms with Crippen molar-refractivity contribution in [1.29, 1.82) is 0 Å². The number of hydrogen-bond acceptors (Lipinski definition) is 6. The van der Waals surface area contributed by atoms with Gasteiger partial charge in [0.25, 0.3) is 5.91 Å². The van der Waals surface area contributed by atoms with Gasteiger partial charge in [0.1, 0.15) is 11.5 Å². The van der Waals surface area contributed by atoms with E-state index in [1.165, 1.54) is 6.20 Å². The van der Waals surface area contributed by atoms with Gasteiger partial charge in [-0.05, 0) is 31.9 Å². The molecule has 4 rings (SSSR count). The van der Waals surface area contributed by atoms with Crippen LogP contribution in [-0.2, 0) is 4.79 Å². The van der Waals surface area contributed by atoms with Gasteiger partial charge in [-0.15, -0.1) is 0 Å². The number of benzene rings is 1. The number of likely N-dealkylation sites (tertiary alicyclic amines) is 1. The van der Waals surface area contributed by atoms with Crippen LogP contribution in [0.3, 0.4) is 0 Å². The number of fused-ring (bicyclic) bond motifs is 1. The smallest absolute Gasteiger partial charge is 0.274 e. The van der Waals surface area contributed by atoms with Crippen molar-refractivity contribution in [2.75, 3.05) is 18.4 Å². The van der Waals surface area contributed by atoms with Crippen molar-refractivity contribution >= 4 is 28.7 Å². The fourth-order valence-corrected chi connectivity index (χ4v) is 3.22. The number of aromatic nitrogens is 3. The molecule has 2 aromatic heterocycles. The van der Waals surface area contributed by atoms with Crippen LogP contribution in [0.5, 0.6) is 0 Å². The van der Waals surface area contributed by atoms with Crippen molar-refractivity contribution in [2.45, 2.75) is 19.8 Å². The van der Waals surface area contributed by atoms with Gasteiger partial charge in [0, 0.05) is 25.1 Å². The zero-order valence-electron chi connectivity index (χ0n) is 14.9. The summed E-state index contributed by atoms with van der Waals surface area (Å²) in [5.74, 6) is 0.651. The molecule has 138 valence electrons. The Hall–Kier alpha value is -3.29. The van der Waals surface area contributed by atoms with Crippen molar-refractivity contribution in [3.05, 3.63) is 48.0 Å². The molecule has 0 atom stereocenters. The highest BCUT2D eigenvalue weighted by atomic mass is 16.5. The summed E-state index contributed by atoms with van der Waals surface area (Å²) in [6.07, 6.45) is 2.70. The molecule has 27 heavy (non-hydrogen) atoms. The average molecular weight is 365 g/mol. The van der Waals surface area contributed by atoms with Crippen molar-refractivity contribution in [2.24, 2.45) is 5.92 Å². The first-order chi connectivity index (χ1) is 13.1. The molecule has 1 aliphatic heterocycles. The lowest BCUT2D eigenvalue weighted by Crippen LogP contribution is -2.41. The van der Waals surface area contributed by atoms with Crippen LogP contribution >= 0.6 is 0 Å². The maximum absolute atomic E-state index is 12.7. The van der Waals surface area contributed by atoms with E-state index in [0.717, 1.165) is 5.52 Å². The van der Waals surface area contributed by atoms with Gasteiger partial charge in [-0.2, -0.15) is 0 Å². The van der Waals surface area contributed by atoms with Crippen LogP contribution in [0.15, 0.2) is 41.1 Å². The van der Waals surface area contributed by atoms with Crippen LogP contribution in [0.25, 0.3) is 11.0 Å². The van der Waals surface area contributed by atoms with Gasteiger partial charge in [-0.3, -0.25) is 14.6 Å². The summed E-state index contributed by atoms with van der Waals surface area (Å²) in [6.45, 7) is 2.77. The van der Waals surface area contributed by atoms with E-state index in [2.05, 4.69) is 20.4 Å². The third-order valence-corrected chi connectivity index (χ3v) is 4.70. The van der Waals surface area contributed by atoms with Crippen molar-refractivity contribution in [3.8, 4) is 0 Å². The fourth-order valence-electron chi connectivity index (χ4n) is 3.22. The molecular formula is C19H19N5O3. The van der Waals surface area contributed by atoms with E-state index in [9.17, 15) is 9.59 Å². The SMILES string of the molecule is Cc1cc(NC(=O)C2CCN(C(=O)c3cnc4ccccc4n3)CC2)no1. The first-order valence-corrected chi connectivity index (χ1v) is 8.85. The molecule has 1 fully saturated rings. The quantitative estimate of drug-likeness (QED) is 0.765. The normalized spacial score (nSPS) is 15.1. The van der Waals surface area contributed by atoms with Gasteiger partial charge in [-0.1, -0.05) is 17.3 Å². The Balaban J connectivity index is 1.37. The minimum Gasteiger partial charge on any atom is -0.360 e. The topological polar surface area (TPSA) is 101 Å². The van der Waals surface area contributed by atoms with Crippen LogP contribution in [0.2, 0.25) is 0 Å². The van der Waals surface area contributed by atoms with Gasteiger partial charge in [0.15, 0.2) is 5.82 Å². The summed E-state index contributed by atoms with van der Waals surface area (Å²) in [5, 5.41) is 6.53. The molecule has 8 heteroatoms. The molecule has 0 saturated carbocycles. The zero-order chi connectivity index (χ0) is 18.8. The molecule has 1 aromatic carbocycles. The highest BCUT2D eigenvalue weighted by Crippen LogP contribution is 2.21. The van der Waals surface area contributed by atoms with Gasteiger partial charge in [-0.25, -0.2) is 4.98 Å². The second-order valence-electron chi connectivity index (χ2n) is 6.62. The van der Waals surface area contributed by atoms with Gasteiger partial charge >= 0.3 is 0 Å². The van der Waals surface area contributed by atoms with E-state index in [4.69, 9.17) is 4.52 Å². The van der Waals surface area contributed by atoms with E-state index >= 15 is 0 Å². The Morgan fingerprint density at radius 1 is 1.19 bits per heavy atom. The van der Waals surface area contributed by atoms with E-state index in [1.807, 2.05) is 24.3 Å². The second kappa shape index (κ2) is 7.14. The zero-order valence-corrected chi connectivity index (χ0v) is 14.9. The largest absolute Gasteiger partial charge is 0.360 e. The molecule has 2 amide bonds. The summed E-state index contributed by atoms with van der Waals surface area (Å²) < 4.78 is 4.95. The summed E-state index contributed by atoms with van der Waals surface area (Å²) in [4.78, 5) is 35.5. The van der Waals surface area contributed by atoms with Gasteiger partial charge < -0.3 is 14.7 Å². The van der Waals surface area contributed by atoms with Gasteiger partial charge in [0.2, 0.25) is 5.91 Å². The van der Waals surface area contributed by atoms with Crippen molar-refractivity contribution in [1.82, 2.24) is 20.0 Å². The fraction of sp³-hybridized carbons (Fsp3) is 0.316. The number of anilines is 1. The summed E-state index contributed by atoms with van der Waals surface area (Å²) in [5.41, 5.74) is 1.78. The minimum absolute atomic E-state index is 0.0964. The lowest BCUT2D eigenvalue weighted by atomic mass is 9.95. The van der Waals surface area contributed by atoms with Crippen LogP contribution in [0.1, 0.15) is 29.1 Å². The molecule has 3 aromatic rings. The number of para-hydroxylation sites is 2. The molecule has 0 aliphatic carbocycles. The number of carbonyl (C=O) groups excluding carboxylic acids is 2. The molecule has 1 saturated heterocycles. The number of hydrogen-bond donors (Lipinski definition) is 1. The van der Waals surface area contributed by atoms with E-state index in [1.54, 1.807) is 17.9 Å². The Bertz CT molecular complexity index is 992. The van der Waals surface area contributed by atoms with E-state index in [0.29, 0.717) is 48.7 Å². The summed E-state index contributed by atoms with van der Waals surface area (Å²) in [7, 11) is 0. The molecule has 0 radical (unpaired) electrons. The van der Waals surface area contributed by atoms with Crippen LogP contribution < -0.4 is 5.32 Å². The predicted octanol–water partition coefficient (Wildman–Crippen LogP) is 2.42. The predicted molar refractivity (Wildman–Crippen MR) is 98.0 cm³/mol. The molecule has 1 aliphatic rings. The Morgan fingerprint density at radius 2 is 1.93 bits per heavy atom. The van der Waals surface area contributed by atoms with Gasteiger partial charge in [0.05, 0.1) is 17.2 Å². The lowest BCUT2D eigenvalue weighted by molar-refractivity contribution is -0.121. The Morgan fingerprint density at radius 3 is 2.63 bits per heavy atom. The van der Waals surface area contributed by atoms with Crippen LogP contribution in [-0.4, -0.2) is 44.9 Å². The molecule has 8 nitrogen and oxygen atoms in total. The van der Waals surface area contributed by atoms with Crippen LogP contribution in [0.4, 0.5) is 5.82 Å². The van der Waals surface area contributed by atoms with Crippen molar-refractivity contribution < 1.29 is 14.1 Å². The maximum Gasteiger partial charge on any atom is 0.274 e. The highest BCUT2D eigenvalue weighted by Gasteiger charge is 2.29. The third-order valence-electron chi connectivity index (χ3n) is 4.70. The first kappa shape index (κ1) is 17.1. The van der Waals surface area contributed by atoms with E-state index < -0.39 is 0 Å².